The summed E-state index contributed by atoms with van der Waals surface area (Å²) < 4.78 is 7.50. The molecule has 1 saturated heterocycles. The number of epoxide rings is 1. The Bertz CT molecular complexity index is 242. The summed E-state index contributed by atoms with van der Waals surface area (Å²) in [5, 5.41) is 0. The van der Waals surface area contributed by atoms with Crippen LogP contribution in [0.1, 0.15) is 13.8 Å². The Morgan fingerprint density at radius 3 is 2.73 bits per heavy atom. The first-order valence-electron chi connectivity index (χ1n) is 3.62. The molecule has 2 rings (SSSR count). The van der Waals surface area contributed by atoms with E-state index in [1.165, 1.54) is 10.5 Å². The Labute approximate surface area is 71.0 Å². The highest BCUT2D eigenvalue weighted by atomic mass is 32.2. The van der Waals surface area contributed by atoms with Crippen molar-refractivity contribution in [2.24, 2.45) is 0 Å². The lowest BCUT2D eigenvalue weighted by Crippen LogP contribution is -2.24. The van der Waals surface area contributed by atoms with Crippen molar-refractivity contribution in [3.63, 3.8) is 0 Å². The topological polar surface area (TPSA) is 15.8 Å². The van der Waals surface area contributed by atoms with Crippen molar-refractivity contribution in [3.05, 3.63) is 23.3 Å². The summed E-state index contributed by atoms with van der Waals surface area (Å²) in [6, 6.07) is 0. The third kappa shape index (κ3) is 0.781. The Kier molecular flexibility index (Phi) is 1.35. The van der Waals surface area contributed by atoms with Crippen molar-refractivity contribution in [2.75, 3.05) is 6.61 Å². The van der Waals surface area contributed by atoms with Crippen LogP contribution in [0.2, 0.25) is 0 Å². The molecule has 1 unspecified atom stereocenters. The van der Waals surface area contributed by atoms with Crippen LogP contribution in [0.4, 0.5) is 0 Å². The SMILES string of the molecule is C=CN1SC(C)=C(C)C12CO2. The maximum atomic E-state index is 5.42. The summed E-state index contributed by atoms with van der Waals surface area (Å²) in [5.41, 5.74) is 1.23. The van der Waals surface area contributed by atoms with Crippen LogP contribution in [-0.4, -0.2) is 16.6 Å². The Morgan fingerprint density at radius 2 is 2.36 bits per heavy atom. The molecule has 0 aromatic heterocycles. The van der Waals surface area contributed by atoms with Gasteiger partial charge in [-0.1, -0.05) is 6.58 Å². The molecule has 0 aromatic carbocycles. The lowest BCUT2D eigenvalue weighted by atomic mass is 10.1. The van der Waals surface area contributed by atoms with Crippen LogP contribution in [-0.2, 0) is 4.74 Å². The smallest absolute Gasteiger partial charge is 0.197 e. The first kappa shape index (κ1) is 7.25. The molecule has 0 aromatic rings. The molecule has 0 bridgehead atoms. The molecule has 2 aliphatic rings. The molecule has 2 aliphatic heterocycles. The molecule has 3 heteroatoms. The maximum Gasteiger partial charge on any atom is 0.197 e. The van der Waals surface area contributed by atoms with Crippen molar-refractivity contribution in [2.45, 2.75) is 19.6 Å². The van der Waals surface area contributed by atoms with Crippen LogP contribution in [0.15, 0.2) is 23.3 Å². The number of hydrogen-bond acceptors (Lipinski definition) is 3. The van der Waals surface area contributed by atoms with Crippen LogP contribution in [0, 0.1) is 0 Å². The van der Waals surface area contributed by atoms with Gasteiger partial charge in [-0.15, -0.1) is 0 Å². The normalized spacial score (nSPS) is 35.3. The van der Waals surface area contributed by atoms with Gasteiger partial charge in [-0.05, 0) is 31.4 Å². The fraction of sp³-hybridized carbons (Fsp3) is 0.500. The largest absolute Gasteiger partial charge is 0.343 e. The predicted octanol–water partition coefficient (Wildman–Crippen LogP) is 2.11. The minimum atomic E-state index is -0.101. The second-order valence-corrected chi connectivity index (χ2v) is 4.04. The predicted molar refractivity (Wildman–Crippen MR) is 46.7 cm³/mol. The summed E-state index contributed by atoms with van der Waals surface area (Å²) in [5.74, 6) is 0. The van der Waals surface area contributed by atoms with Gasteiger partial charge in [-0.2, -0.15) is 0 Å². The van der Waals surface area contributed by atoms with E-state index in [9.17, 15) is 0 Å². The molecule has 2 nitrogen and oxygen atoms in total. The van der Waals surface area contributed by atoms with Gasteiger partial charge in [0.15, 0.2) is 5.72 Å². The van der Waals surface area contributed by atoms with Gasteiger partial charge in [0.05, 0.1) is 0 Å². The average molecular weight is 169 g/mol. The number of allylic oxidation sites excluding steroid dienone is 1. The van der Waals surface area contributed by atoms with E-state index in [0.29, 0.717) is 0 Å². The van der Waals surface area contributed by atoms with E-state index in [-0.39, 0.29) is 5.72 Å². The molecule has 2 heterocycles. The van der Waals surface area contributed by atoms with Gasteiger partial charge in [-0.25, -0.2) is 0 Å². The zero-order valence-corrected chi connectivity index (χ0v) is 7.57. The van der Waals surface area contributed by atoms with Gasteiger partial charge in [-0.3, -0.25) is 4.31 Å². The van der Waals surface area contributed by atoms with Crippen molar-refractivity contribution < 1.29 is 4.74 Å². The standard InChI is InChI=1S/C8H11NOS/c1-4-9-8(5-10-8)6(2)7(3)11-9/h4H,1,5H2,2-3H3. The quantitative estimate of drug-likeness (QED) is 0.441. The molecular formula is C8H11NOS. The summed E-state index contributed by atoms with van der Waals surface area (Å²) in [7, 11) is 0. The molecule has 0 radical (unpaired) electrons. The van der Waals surface area contributed by atoms with E-state index >= 15 is 0 Å². The second kappa shape index (κ2) is 2.05. The highest BCUT2D eigenvalue weighted by molar-refractivity contribution is 8.01. The molecule has 60 valence electrons. The minimum Gasteiger partial charge on any atom is -0.343 e. The molecule has 1 atom stereocenters. The fourth-order valence-electron chi connectivity index (χ4n) is 1.33. The molecule has 0 aliphatic carbocycles. The van der Waals surface area contributed by atoms with Gasteiger partial charge in [0, 0.05) is 11.1 Å². The fourth-order valence-corrected chi connectivity index (χ4v) is 2.38. The Balaban J connectivity index is 2.33. The summed E-state index contributed by atoms with van der Waals surface area (Å²) >= 11 is 1.71. The minimum absolute atomic E-state index is 0.101. The Morgan fingerprint density at radius 1 is 1.73 bits per heavy atom. The highest BCUT2D eigenvalue weighted by Crippen LogP contribution is 2.52. The van der Waals surface area contributed by atoms with Crippen molar-refractivity contribution in [3.8, 4) is 0 Å². The summed E-state index contributed by atoms with van der Waals surface area (Å²) in [6.07, 6.45) is 1.83. The molecule has 1 fully saturated rings. The van der Waals surface area contributed by atoms with Crippen molar-refractivity contribution >= 4 is 11.9 Å². The van der Waals surface area contributed by atoms with Crippen molar-refractivity contribution in [1.82, 2.24) is 4.31 Å². The third-order valence-electron chi connectivity index (χ3n) is 2.29. The van der Waals surface area contributed by atoms with Crippen LogP contribution >= 0.6 is 11.9 Å². The van der Waals surface area contributed by atoms with Gasteiger partial charge in [0.25, 0.3) is 0 Å². The zero-order valence-electron chi connectivity index (χ0n) is 6.76. The van der Waals surface area contributed by atoms with Gasteiger partial charge in [0.1, 0.15) is 6.61 Å². The zero-order chi connectivity index (χ0) is 8.06. The first-order chi connectivity index (χ1) is 5.20. The van der Waals surface area contributed by atoms with Crippen LogP contribution < -0.4 is 0 Å². The maximum absolute atomic E-state index is 5.42. The van der Waals surface area contributed by atoms with E-state index < -0.39 is 0 Å². The Hall–Kier alpha value is -0.410. The van der Waals surface area contributed by atoms with E-state index in [1.54, 1.807) is 11.9 Å². The molecule has 0 saturated carbocycles. The third-order valence-corrected chi connectivity index (χ3v) is 3.51. The summed E-state index contributed by atoms with van der Waals surface area (Å²) in [6.45, 7) is 8.80. The molecule has 0 N–H and O–H groups in total. The van der Waals surface area contributed by atoms with Gasteiger partial charge >= 0.3 is 0 Å². The molecule has 1 spiro atoms. The van der Waals surface area contributed by atoms with Crippen LogP contribution in [0.5, 0.6) is 0 Å². The van der Waals surface area contributed by atoms with E-state index in [4.69, 9.17) is 4.74 Å². The average Bonchev–Trinajstić information content (AvgIpc) is 2.74. The number of nitrogens with zero attached hydrogens (tertiary/aromatic N) is 1. The molecular weight excluding hydrogens is 158 g/mol. The number of rotatable bonds is 1. The van der Waals surface area contributed by atoms with E-state index in [2.05, 4.69) is 24.7 Å². The number of hydrogen-bond donors (Lipinski definition) is 0. The lowest BCUT2D eigenvalue weighted by molar-refractivity contribution is 0.253. The van der Waals surface area contributed by atoms with Gasteiger partial charge in [0.2, 0.25) is 0 Å². The van der Waals surface area contributed by atoms with E-state index in [1.807, 2.05) is 6.20 Å². The van der Waals surface area contributed by atoms with Crippen LogP contribution in [0.3, 0.4) is 0 Å². The van der Waals surface area contributed by atoms with Gasteiger partial charge < -0.3 is 4.74 Å². The highest BCUT2D eigenvalue weighted by Gasteiger charge is 2.55. The molecule has 11 heavy (non-hydrogen) atoms. The van der Waals surface area contributed by atoms with Crippen LogP contribution in [0.25, 0.3) is 0 Å². The van der Waals surface area contributed by atoms with Crippen molar-refractivity contribution in [1.29, 1.82) is 0 Å². The molecule has 0 amide bonds. The van der Waals surface area contributed by atoms with E-state index in [0.717, 1.165) is 6.61 Å². The summed E-state index contributed by atoms with van der Waals surface area (Å²) in [4.78, 5) is 1.34. The lowest BCUT2D eigenvalue weighted by Gasteiger charge is -2.17. The number of ether oxygens (including phenoxy) is 1. The second-order valence-electron chi connectivity index (χ2n) is 2.85. The first-order valence-corrected chi connectivity index (χ1v) is 4.40. The monoisotopic (exact) mass is 169 g/mol.